The summed E-state index contributed by atoms with van der Waals surface area (Å²) in [4.78, 5) is 76.0. The highest BCUT2D eigenvalue weighted by molar-refractivity contribution is 7.99. The van der Waals surface area contributed by atoms with Gasteiger partial charge in [-0.15, -0.1) is 0 Å². The van der Waals surface area contributed by atoms with Gasteiger partial charge in [0.2, 0.25) is 11.8 Å². The zero-order valence-electron chi connectivity index (χ0n) is 51.8. The molecule has 498 valence electrons. The summed E-state index contributed by atoms with van der Waals surface area (Å²) in [6.07, 6.45) is -10.8. The van der Waals surface area contributed by atoms with Crippen LogP contribution < -0.4 is 31.9 Å². The Morgan fingerprint density at radius 3 is 1.32 bits per heavy atom. The first-order chi connectivity index (χ1) is 44.2. The molecule has 0 aliphatic carbocycles. The zero-order chi connectivity index (χ0) is 66.2. The molecule has 0 spiro atoms. The van der Waals surface area contributed by atoms with E-state index in [9.17, 15) is 64.5 Å². The second-order valence-corrected chi connectivity index (χ2v) is 25.3. The van der Waals surface area contributed by atoms with Gasteiger partial charge < -0.3 is 86.6 Å². The van der Waals surface area contributed by atoms with Crippen LogP contribution in [0.5, 0.6) is 0 Å². The van der Waals surface area contributed by atoms with Crippen molar-refractivity contribution in [3.63, 3.8) is 0 Å². The maximum Gasteiger partial charge on any atom is 0.364 e. The molecule has 12 atom stereocenters. The number of aliphatic hydroxyl groups is 5. The first kappa shape index (κ1) is 72.6. The number of nitrogens with one attached hydrogen (secondary N) is 6. The monoisotopic (exact) mass is 1310 g/mol. The van der Waals surface area contributed by atoms with Gasteiger partial charge in [0.15, 0.2) is 0 Å². The van der Waals surface area contributed by atoms with E-state index in [0.717, 1.165) is 44.9 Å². The molecule has 2 saturated heterocycles. The summed E-state index contributed by atoms with van der Waals surface area (Å²) in [6, 6.07) is 38.9. The fourth-order valence-corrected chi connectivity index (χ4v) is 12.4. The SMILES string of the molecule is CC(=O)N[C@H]1[C@H]([C@H](O)[C@H](O)CNC(=O)c2ccc(-c3ccccc3)cc2)O[C@@](OCCCSCCNCc2ccc(CNCCSCCCO[C@]3(C(=O)O)C[C@H](O)[C@@H](NC(C)=O)C([C@H](C)[C@H](O)CNC(=O)c4ccc(-c5ccccc5)cc4)O3)cc2)(C(=O)O)C[C@@H]1O. The van der Waals surface area contributed by atoms with Crippen molar-refractivity contribution in [3.05, 3.63) is 156 Å². The number of carbonyl (C=O) groups is 6. The van der Waals surface area contributed by atoms with Crippen LogP contribution in [0.25, 0.3) is 22.3 Å². The molecule has 5 aromatic rings. The molecular weight excluding hydrogens is 1220 g/mol. The maximum absolute atomic E-state index is 13.1. The third kappa shape index (κ3) is 21.1. The van der Waals surface area contributed by atoms with Crippen molar-refractivity contribution < 1.29 is 83.5 Å². The molecule has 4 amide bonds. The van der Waals surface area contributed by atoms with Gasteiger partial charge in [-0.05, 0) is 82.0 Å². The average Bonchev–Trinajstić information content (AvgIpc) is 0.797. The van der Waals surface area contributed by atoms with Crippen molar-refractivity contribution in [2.45, 2.75) is 126 Å². The number of carboxylic acid groups (broad SMARTS) is 2. The third-order valence-corrected chi connectivity index (χ3v) is 18.0. The van der Waals surface area contributed by atoms with Gasteiger partial charge in [-0.25, -0.2) is 9.59 Å². The average molecular weight is 1310 g/mol. The molecule has 7 rings (SSSR count). The van der Waals surface area contributed by atoms with Crippen LogP contribution in [0, 0.1) is 5.92 Å². The number of thioether (sulfide) groups is 2. The Kier molecular flexibility index (Phi) is 28.4. The lowest BCUT2D eigenvalue weighted by Gasteiger charge is -2.47. The highest BCUT2D eigenvalue weighted by Crippen LogP contribution is 2.37. The van der Waals surface area contributed by atoms with Crippen molar-refractivity contribution in [2.75, 3.05) is 62.4 Å². The molecule has 5 aromatic carbocycles. The molecule has 13 N–H and O–H groups in total. The minimum Gasteiger partial charge on any atom is -0.477 e. The quantitative estimate of drug-likeness (QED) is 0.0253. The summed E-state index contributed by atoms with van der Waals surface area (Å²) in [5.74, 6) is -7.86. The molecule has 0 bridgehead atoms. The third-order valence-electron chi connectivity index (χ3n) is 15.9. The first-order valence-corrected chi connectivity index (χ1v) is 33.1. The fourth-order valence-electron chi connectivity index (χ4n) is 10.8. The Balaban J connectivity index is 0.750. The molecule has 25 heteroatoms. The predicted octanol–water partition coefficient (Wildman–Crippen LogP) is 3.93. The number of amides is 4. The van der Waals surface area contributed by atoms with E-state index in [2.05, 4.69) is 56.2 Å². The number of aliphatic hydroxyl groups excluding tert-OH is 5. The summed E-state index contributed by atoms with van der Waals surface area (Å²) in [6.45, 7) is 5.95. The standard InChI is InChI=1S/C67H86N6O17S2/c1-42(55(78)40-70-62(81)51-24-20-49(21-25-51)47-12-6-4-7-13-47)60-57(72-43(2)74)53(76)36-66(89-60,64(83)84)87-30-10-32-91-34-28-68-38-45-16-18-46(19-17-45)39-69-29-35-92-33-11-31-88-67(65(85)86)37-54(77)58(73-44(3)75)61(90-67)59(80)56(79)41-71-63(82)52-26-22-50(23-27-52)48-14-8-5-9-15-48/h4-9,12-27,42,53-61,68-69,76-80H,10-11,28-41H2,1-3H3,(H,70,81)(H,71,82)(H,72,74)(H,73,75)(H,83,84)(H,85,86)/t42-,53+,54+,55-,56-,57-,58-,59-,60?,61-,66-,67-/m1/s1. The maximum atomic E-state index is 13.1. The Morgan fingerprint density at radius 1 is 0.533 bits per heavy atom. The number of ether oxygens (including phenoxy) is 4. The lowest BCUT2D eigenvalue weighted by molar-refractivity contribution is -0.310. The largest absolute Gasteiger partial charge is 0.477 e. The Labute approximate surface area is 544 Å². The van der Waals surface area contributed by atoms with E-state index in [1.165, 1.54) is 13.8 Å². The molecule has 2 aliphatic rings. The number of rotatable bonds is 36. The molecule has 0 radical (unpaired) electrons. The van der Waals surface area contributed by atoms with E-state index >= 15 is 0 Å². The summed E-state index contributed by atoms with van der Waals surface area (Å²) in [5, 5.41) is 94.1. The van der Waals surface area contributed by atoms with Gasteiger partial charge in [-0.1, -0.05) is 116 Å². The summed E-state index contributed by atoms with van der Waals surface area (Å²) < 4.78 is 23.7. The van der Waals surface area contributed by atoms with Crippen molar-refractivity contribution >= 4 is 59.1 Å². The summed E-state index contributed by atoms with van der Waals surface area (Å²) in [5.41, 5.74) is 6.65. The van der Waals surface area contributed by atoms with E-state index in [4.69, 9.17) is 18.9 Å². The molecule has 2 aliphatic heterocycles. The second kappa shape index (κ2) is 36.0. The zero-order valence-corrected chi connectivity index (χ0v) is 53.5. The molecule has 2 fully saturated rings. The smallest absolute Gasteiger partial charge is 0.364 e. The van der Waals surface area contributed by atoms with E-state index in [1.54, 1.807) is 66.8 Å². The number of carbonyl (C=O) groups excluding carboxylic acids is 4. The second-order valence-electron chi connectivity index (χ2n) is 22.9. The van der Waals surface area contributed by atoms with Gasteiger partial charge >= 0.3 is 11.9 Å². The minimum absolute atomic E-state index is 0.00298. The minimum atomic E-state index is -2.41. The molecule has 0 aromatic heterocycles. The molecule has 0 saturated carbocycles. The fraction of sp³-hybridized carbons (Fsp3) is 0.463. The van der Waals surface area contributed by atoms with Gasteiger partial charge in [0.05, 0.1) is 55.8 Å². The van der Waals surface area contributed by atoms with Crippen molar-refractivity contribution in [2.24, 2.45) is 5.92 Å². The molecule has 23 nitrogen and oxygen atoms in total. The Morgan fingerprint density at radius 2 is 0.913 bits per heavy atom. The van der Waals surface area contributed by atoms with Crippen LogP contribution in [-0.2, 0) is 51.2 Å². The van der Waals surface area contributed by atoms with E-state index < -0.39 is 127 Å². The van der Waals surface area contributed by atoms with Crippen LogP contribution in [-0.4, -0.2) is 200 Å². The normalized spacial score (nSPS) is 22.7. The highest BCUT2D eigenvalue weighted by Gasteiger charge is 2.57. The van der Waals surface area contributed by atoms with Gasteiger partial charge in [0.25, 0.3) is 23.4 Å². The highest BCUT2D eigenvalue weighted by atomic mass is 32.2. The van der Waals surface area contributed by atoms with Crippen LogP contribution in [0.1, 0.15) is 78.3 Å². The lowest BCUT2D eigenvalue weighted by atomic mass is 9.84. The van der Waals surface area contributed by atoms with Crippen molar-refractivity contribution in [1.29, 1.82) is 0 Å². The van der Waals surface area contributed by atoms with Crippen LogP contribution in [0.15, 0.2) is 133 Å². The van der Waals surface area contributed by atoms with Crippen molar-refractivity contribution in [1.82, 2.24) is 31.9 Å². The van der Waals surface area contributed by atoms with Crippen LogP contribution in [0.4, 0.5) is 0 Å². The van der Waals surface area contributed by atoms with Gasteiger partial charge in [0, 0.05) is 94.5 Å². The predicted molar refractivity (Wildman–Crippen MR) is 348 cm³/mol. The summed E-state index contributed by atoms with van der Waals surface area (Å²) in [7, 11) is 0. The van der Waals surface area contributed by atoms with Crippen LogP contribution in [0.3, 0.4) is 0 Å². The van der Waals surface area contributed by atoms with E-state index in [0.29, 0.717) is 61.7 Å². The van der Waals surface area contributed by atoms with Gasteiger partial charge in [-0.2, -0.15) is 23.5 Å². The Bertz CT molecular complexity index is 2930. The lowest BCUT2D eigenvalue weighted by Crippen LogP contribution is -2.68. The first-order valence-electron chi connectivity index (χ1n) is 30.8. The number of aliphatic carboxylic acids is 2. The van der Waals surface area contributed by atoms with Crippen LogP contribution >= 0.6 is 23.5 Å². The Hall–Kier alpha value is -6.82. The van der Waals surface area contributed by atoms with Gasteiger partial charge in [0.1, 0.15) is 12.2 Å². The van der Waals surface area contributed by atoms with E-state index in [1.807, 2.05) is 72.8 Å². The number of hydrogen-bond donors (Lipinski definition) is 13. The molecule has 92 heavy (non-hydrogen) atoms. The number of benzene rings is 5. The number of carboxylic acids is 2. The van der Waals surface area contributed by atoms with E-state index in [-0.39, 0.29) is 19.8 Å². The molecule has 2 heterocycles. The molecular formula is C67H86N6O17S2. The van der Waals surface area contributed by atoms with Crippen molar-refractivity contribution in [3.8, 4) is 22.3 Å². The van der Waals surface area contributed by atoms with Gasteiger partial charge in [-0.3, -0.25) is 19.2 Å². The number of hydrogen-bond acceptors (Lipinski definition) is 19. The summed E-state index contributed by atoms with van der Waals surface area (Å²) >= 11 is 3.28. The molecule has 1 unspecified atom stereocenters. The van der Waals surface area contributed by atoms with Crippen LogP contribution in [0.2, 0.25) is 0 Å². The topological polar surface area (TPSA) is 353 Å².